The molecule has 0 aliphatic heterocycles. The number of rotatable bonds is 5. The second-order valence-corrected chi connectivity index (χ2v) is 9.47. The first-order valence-corrected chi connectivity index (χ1v) is 12.2. The molecule has 32 heavy (non-hydrogen) atoms. The van der Waals surface area contributed by atoms with Crippen LogP contribution in [0.3, 0.4) is 0 Å². The second-order valence-electron chi connectivity index (χ2n) is 7.47. The van der Waals surface area contributed by atoms with Crippen LogP contribution in [0.5, 0.6) is 11.6 Å². The van der Waals surface area contributed by atoms with Crippen molar-refractivity contribution in [3.8, 4) is 11.6 Å². The maximum Gasteiger partial charge on any atom is 0.241 e. The number of benzene rings is 4. The van der Waals surface area contributed by atoms with E-state index in [2.05, 4.69) is 72.8 Å². The molecule has 5 heteroatoms. The summed E-state index contributed by atoms with van der Waals surface area (Å²) in [5, 5.41) is 4.19. The number of hydrogen-bond donors (Lipinski definition) is 0. The predicted molar refractivity (Wildman–Crippen MR) is 135 cm³/mol. The van der Waals surface area contributed by atoms with Gasteiger partial charge in [0.05, 0.1) is 5.52 Å². The van der Waals surface area contributed by atoms with E-state index in [1.54, 1.807) is 23.1 Å². The van der Waals surface area contributed by atoms with Crippen LogP contribution in [0.25, 0.3) is 31.1 Å². The molecule has 0 saturated heterocycles. The normalized spacial score (nSPS) is 11.4. The Morgan fingerprint density at radius 3 is 2.44 bits per heavy atom. The number of nitrogens with zero attached hydrogens (tertiary/aromatic N) is 2. The van der Waals surface area contributed by atoms with Crippen LogP contribution in [-0.2, 0) is 5.75 Å². The smallest absolute Gasteiger partial charge is 0.241 e. The van der Waals surface area contributed by atoms with Crippen LogP contribution < -0.4 is 4.74 Å². The average molecular weight is 451 g/mol. The fourth-order valence-electron chi connectivity index (χ4n) is 3.74. The van der Waals surface area contributed by atoms with Crippen molar-refractivity contribution in [1.82, 2.24) is 9.97 Å². The number of thioether (sulfide) groups is 1. The van der Waals surface area contributed by atoms with Gasteiger partial charge < -0.3 is 4.74 Å². The monoisotopic (exact) mass is 450 g/mol. The van der Waals surface area contributed by atoms with E-state index in [0.717, 1.165) is 37.6 Å². The van der Waals surface area contributed by atoms with Gasteiger partial charge in [-0.1, -0.05) is 90.6 Å². The molecule has 0 fully saturated rings. The van der Waals surface area contributed by atoms with Crippen LogP contribution in [0.4, 0.5) is 0 Å². The Morgan fingerprint density at radius 2 is 1.53 bits per heavy atom. The lowest BCUT2D eigenvalue weighted by molar-refractivity contribution is 0.464. The summed E-state index contributed by atoms with van der Waals surface area (Å²) in [5.74, 6) is 2.20. The molecule has 0 amide bonds. The minimum atomic E-state index is 0.613. The molecule has 2 heterocycles. The summed E-state index contributed by atoms with van der Waals surface area (Å²) in [7, 11) is 0. The molecule has 0 bridgehead atoms. The average Bonchev–Trinajstić information content (AvgIpc) is 3.22. The quantitative estimate of drug-likeness (QED) is 0.196. The summed E-state index contributed by atoms with van der Waals surface area (Å²) in [6.07, 6.45) is 0. The Kier molecular flexibility index (Phi) is 4.98. The first kappa shape index (κ1) is 19.3. The maximum atomic E-state index is 6.37. The van der Waals surface area contributed by atoms with Crippen molar-refractivity contribution in [2.24, 2.45) is 0 Å². The Morgan fingerprint density at radius 1 is 0.750 bits per heavy atom. The van der Waals surface area contributed by atoms with Crippen LogP contribution in [0.15, 0.2) is 102 Å². The topological polar surface area (TPSA) is 35.0 Å². The van der Waals surface area contributed by atoms with Gasteiger partial charge in [-0.2, -0.15) is 4.98 Å². The molecule has 0 radical (unpaired) electrons. The van der Waals surface area contributed by atoms with E-state index in [4.69, 9.17) is 14.7 Å². The molecule has 2 aromatic heterocycles. The number of fused-ring (bicyclic) bond motifs is 4. The van der Waals surface area contributed by atoms with Gasteiger partial charge in [0.1, 0.15) is 10.4 Å². The van der Waals surface area contributed by atoms with Gasteiger partial charge in [0.2, 0.25) is 5.88 Å². The SMILES string of the molecule is c1ccc(CSc2nc(Oc3ccc4ccccc4c3)c3sc4ccccc4c3n2)cc1. The van der Waals surface area contributed by atoms with Gasteiger partial charge in [0.25, 0.3) is 0 Å². The van der Waals surface area contributed by atoms with E-state index in [0.29, 0.717) is 5.88 Å². The van der Waals surface area contributed by atoms with Crippen molar-refractivity contribution in [3.05, 3.63) is 103 Å². The van der Waals surface area contributed by atoms with Crippen molar-refractivity contribution in [3.63, 3.8) is 0 Å². The summed E-state index contributed by atoms with van der Waals surface area (Å²) in [5.41, 5.74) is 2.19. The molecule has 6 rings (SSSR count). The third kappa shape index (κ3) is 3.70. The van der Waals surface area contributed by atoms with Crippen LogP contribution in [-0.4, -0.2) is 9.97 Å². The Hall–Kier alpha value is -3.41. The van der Waals surface area contributed by atoms with E-state index < -0.39 is 0 Å². The summed E-state index contributed by atoms with van der Waals surface area (Å²) in [6.45, 7) is 0. The highest BCUT2D eigenvalue weighted by molar-refractivity contribution is 7.98. The highest BCUT2D eigenvalue weighted by atomic mass is 32.2. The fourth-order valence-corrected chi connectivity index (χ4v) is 5.60. The summed E-state index contributed by atoms with van der Waals surface area (Å²) in [6, 6.07) is 33.2. The molecule has 0 aliphatic carbocycles. The van der Waals surface area contributed by atoms with Crippen LogP contribution in [0, 0.1) is 0 Å². The van der Waals surface area contributed by atoms with Gasteiger partial charge in [-0.15, -0.1) is 11.3 Å². The highest BCUT2D eigenvalue weighted by Gasteiger charge is 2.16. The first-order chi connectivity index (χ1) is 15.8. The number of ether oxygens (including phenoxy) is 1. The van der Waals surface area contributed by atoms with Gasteiger partial charge >= 0.3 is 0 Å². The molecule has 0 saturated carbocycles. The Labute approximate surface area is 193 Å². The molecule has 0 N–H and O–H groups in total. The molecule has 0 unspecified atom stereocenters. The Bertz CT molecular complexity index is 1560. The highest BCUT2D eigenvalue weighted by Crippen LogP contribution is 2.40. The zero-order chi connectivity index (χ0) is 21.3. The van der Waals surface area contributed by atoms with Gasteiger partial charge in [0, 0.05) is 15.8 Å². The second kappa shape index (κ2) is 8.26. The van der Waals surface area contributed by atoms with Crippen LogP contribution in [0.2, 0.25) is 0 Å². The van der Waals surface area contributed by atoms with Gasteiger partial charge in [-0.25, -0.2) is 4.98 Å². The standard InChI is InChI=1S/C27H18N2OS2/c1-2-8-18(9-3-1)17-31-27-28-24-22-12-6-7-13-23(22)32-25(24)26(29-27)30-21-15-14-19-10-4-5-11-20(19)16-21/h1-16H,17H2. The lowest BCUT2D eigenvalue weighted by Gasteiger charge is -2.09. The zero-order valence-corrected chi connectivity index (χ0v) is 18.7. The molecule has 6 aromatic rings. The number of hydrogen-bond acceptors (Lipinski definition) is 5. The third-order valence-corrected chi connectivity index (χ3v) is 7.38. The van der Waals surface area contributed by atoms with Crippen molar-refractivity contribution in [2.45, 2.75) is 10.9 Å². The molecular formula is C27H18N2OS2. The van der Waals surface area contributed by atoms with Crippen molar-refractivity contribution in [1.29, 1.82) is 0 Å². The van der Waals surface area contributed by atoms with E-state index in [1.807, 2.05) is 24.3 Å². The number of aromatic nitrogens is 2. The van der Waals surface area contributed by atoms with E-state index in [-0.39, 0.29) is 0 Å². The zero-order valence-electron chi connectivity index (χ0n) is 17.1. The minimum absolute atomic E-state index is 0.613. The van der Waals surface area contributed by atoms with Gasteiger partial charge in [-0.3, -0.25) is 0 Å². The summed E-state index contributed by atoms with van der Waals surface area (Å²) >= 11 is 3.31. The molecule has 154 valence electrons. The van der Waals surface area contributed by atoms with Crippen LogP contribution >= 0.6 is 23.1 Å². The number of thiophene rings is 1. The van der Waals surface area contributed by atoms with E-state index in [1.165, 1.54) is 15.6 Å². The molecule has 0 atom stereocenters. The van der Waals surface area contributed by atoms with Gasteiger partial charge in [-0.05, 0) is 34.5 Å². The Balaban J connectivity index is 1.44. The summed E-state index contributed by atoms with van der Waals surface area (Å²) in [4.78, 5) is 9.74. The van der Waals surface area contributed by atoms with E-state index in [9.17, 15) is 0 Å². The van der Waals surface area contributed by atoms with Crippen molar-refractivity contribution in [2.75, 3.05) is 0 Å². The molecule has 0 spiro atoms. The maximum absolute atomic E-state index is 6.37. The van der Waals surface area contributed by atoms with Gasteiger partial charge in [0.15, 0.2) is 5.16 Å². The lowest BCUT2D eigenvalue weighted by Crippen LogP contribution is -1.94. The molecular weight excluding hydrogens is 432 g/mol. The largest absolute Gasteiger partial charge is 0.437 e. The predicted octanol–water partition coefficient (Wildman–Crippen LogP) is 8.08. The molecule has 0 aliphatic rings. The fraction of sp³-hybridized carbons (Fsp3) is 0.0370. The molecule has 4 aromatic carbocycles. The lowest BCUT2D eigenvalue weighted by atomic mass is 10.1. The molecule has 3 nitrogen and oxygen atoms in total. The van der Waals surface area contributed by atoms with Crippen molar-refractivity contribution < 1.29 is 4.74 Å². The van der Waals surface area contributed by atoms with Crippen molar-refractivity contribution >= 4 is 54.2 Å². The third-order valence-electron chi connectivity index (χ3n) is 5.31. The van der Waals surface area contributed by atoms with E-state index >= 15 is 0 Å². The minimum Gasteiger partial charge on any atom is -0.437 e. The summed E-state index contributed by atoms with van der Waals surface area (Å²) < 4.78 is 8.53. The first-order valence-electron chi connectivity index (χ1n) is 10.4. The van der Waals surface area contributed by atoms with Crippen LogP contribution in [0.1, 0.15) is 5.56 Å².